The van der Waals surface area contributed by atoms with Crippen LogP contribution in [0.4, 0.5) is 0 Å². The van der Waals surface area contributed by atoms with Crippen LogP contribution >= 0.6 is 11.6 Å². The van der Waals surface area contributed by atoms with Gasteiger partial charge in [0.25, 0.3) is 0 Å². The zero-order chi connectivity index (χ0) is 17.3. The molecule has 1 saturated heterocycles. The third kappa shape index (κ3) is 3.31. The van der Waals surface area contributed by atoms with Crippen molar-refractivity contribution in [1.29, 1.82) is 0 Å². The van der Waals surface area contributed by atoms with Crippen LogP contribution in [0.15, 0.2) is 47.4 Å². The minimum atomic E-state index is -3.45. The van der Waals surface area contributed by atoms with E-state index in [1.807, 2.05) is 0 Å². The molecule has 24 heavy (non-hydrogen) atoms. The van der Waals surface area contributed by atoms with E-state index in [9.17, 15) is 13.2 Å². The minimum absolute atomic E-state index is 0.0891. The average molecular weight is 366 g/mol. The van der Waals surface area contributed by atoms with Crippen LogP contribution in [0.1, 0.15) is 23.2 Å². The number of aromatic carboxylic acids is 1. The summed E-state index contributed by atoms with van der Waals surface area (Å²) in [6.07, 6.45) is 1.77. The number of carbonyl (C=O) groups is 1. The van der Waals surface area contributed by atoms with E-state index in [0.717, 1.165) is 12.8 Å². The number of carboxylic acids is 1. The molecule has 2 aromatic carbocycles. The Morgan fingerprint density at radius 2 is 1.62 bits per heavy atom. The fraction of sp³-hybridized carbons (Fsp3) is 0.235. The number of carboxylic acid groups (broad SMARTS) is 1. The van der Waals surface area contributed by atoms with Gasteiger partial charge in [0, 0.05) is 18.1 Å². The van der Waals surface area contributed by atoms with Crippen LogP contribution in [0, 0.1) is 0 Å². The second-order valence-electron chi connectivity index (χ2n) is 5.67. The molecule has 0 aromatic heterocycles. The molecule has 0 spiro atoms. The summed E-state index contributed by atoms with van der Waals surface area (Å²) in [6, 6.07) is 11.0. The first kappa shape index (κ1) is 17.0. The average Bonchev–Trinajstić information content (AvgIpc) is 3.09. The van der Waals surface area contributed by atoms with Crippen LogP contribution in [0.5, 0.6) is 0 Å². The molecule has 1 fully saturated rings. The van der Waals surface area contributed by atoms with E-state index in [1.165, 1.54) is 16.4 Å². The Morgan fingerprint density at radius 1 is 1.00 bits per heavy atom. The van der Waals surface area contributed by atoms with Crippen molar-refractivity contribution in [3.05, 3.63) is 53.1 Å². The van der Waals surface area contributed by atoms with Crippen LogP contribution in [0.3, 0.4) is 0 Å². The molecule has 0 saturated carbocycles. The Morgan fingerprint density at radius 3 is 2.21 bits per heavy atom. The highest BCUT2D eigenvalue weighted by Crippen LogP contribution is 2.27. The number of hydrogen-bond donors (Lipinski definition) is 1. The van der Waals surface area contributed by atoms with Crippen LogP contribution in [0.25, 0.3) is 11.1 Å². The molecular weight excluding hydrogens is 350 g/mol. The molecule has 0 unspecified atom stereocenters. The summed E-state index contributed by atoms with van der Waals surface area (Å²) in [5.74, 6) is -1.06. The Hall–Kier alpha value is -1.89. The van der Waals surface area contributed by atoms with E-state index in [4.69, 9.17) is 16.7 Å². The molecule has 1 heterocycles. The number of hydrogen-bond acceptors (Lipinski definition) is 3. The van der Waals surface area contributed by atoms with Gasteiger partial charge in [-0.15, -0.1) is 0 Å². The molecule has 1 aliphatic heterocycles. The smallest absolute Gasteiger partial charge is 0.335 e. The lowest BCUT2D eigenvalue weighted by atomic mass is 10.0. The topological polar surface area (TPSA) is 74.7 Å². The Labute approximate surface area is 145 Å². The lowest BCUT2D eigenvalue weighted by molar-refractivity contribution is 0.0697. The van der Waals surface area contributed by atoms with Crippen LogP contribution in [0.2, 0.25) is 5.02 Å². The van der Waals surface area contributed by atoms with Crippen molar-refractivity contribution in [1.82, 2.24) is 4.31 Å². The predicted molar refractivity (Wildman–Crippen MR) is 91.8 cm³/mol. The summed E-state index contributed by atoms with van der Waals surface area (Å²) in [7, 11) is -3.45. The number of nitrogens with zero attached hydrogens (tertiary/aromatic N) is 1. The van der Waals surface area contributed by atoms with Gasteiger partial charge in [0.2, 0.25) is 10.0 Å². The monoisotopic (exact) mass is 365 g/mol. The van der Waals surface area contributed by atoms with E-state index in [0.29, 0.717) is 29.2 Å². The molecule has 7 heteroatoms. The molecule has 126 valence electrons. The molecule has 1 N–H and O–H groups in total. The predicted octanol–water partition coefficient (Wildman–Crippen LogP) is 3.49. The van der Waals surface area contributed by atoms with Crippen LogP contribution in [-0.4, -0.2) is 36.9 Å². The highest BCUT2D eigenvalue weighted by Gasteiger charge is 2.26. The Balaban J connectivity index is 1.94. The van der Waals surface area contributed by atoms with E-state index in [2.05, 4.69) is 0 Å². The SMILES string of the molecule is O=C(O)c1cc(Cl)cc(-c2ccc(S(=O)(=O)N3CCCC3)cc2)c1. The van der Waals surface area contributed by atoms with Crippen molar-refractivity contribution in [2.75, 3.05) is 13.1 Å². The normalized spacial score (nSPS) is 15.5. The van der Waals surface area contributed by atoms with Gasteiger partial charge in [0.05, 0.1) is 10.5 Å². The molecule has 1 aliphatic rings. The maximum atomic E-state index is 12.5. The standard InChI is InChI=1S/C17H16ClNO4S/c18-15-10-13(9-14(11-15)17(20)21)12-3-5-16(6-4-12)24(22,23)19-7-1-2-8-19/h3-6,9-11H,1-2,7-8H2,(H,20,21). The first-order valence-electron chi connectivity index (χ1n) is 7.52. The quantitative estimate of drug-likeness (QED) is 0.899. The summed E-state index contributed by atoms with van der Waals surface area (Å²) in [5, 5.41) is 9.43. The van der Waals surface area contributed by atoms with Crippen LogP contribution < -0.4 is 0 Å². The van der Waals surface area contributed by atoms with Crippen LogP contribution in [-0.2, 0) is 10.0 Å². The highest BCUT2D eigenvalue weighted by molar-refractivity contribution is 7.89. The Kier molecular flexibility index (Phi) is 4.62. The van der Waals surface area contributed by atoms with Gasteiger partial charge in [-0.3, -0.25) is 0 Å². The second kappa shape index (κ2) is 6.55. The van der Waals surface area contributed by atoms with Crippen molar-refractivity contribution in [2.24, 2.45) is 0 Å². The van der Waals surface area contributed by atoms with E-state index < -0.39 is 16.0 Å². The van der Waals surface area contributed by atoms with Gasteiger partial charge in [-0.05, 0) is 54.3 Å². The maximum Gasteiger partial charge on any atom is 0.335 e. The van der Waals surface area contributed by atoms with Gasteiger partial charge in [0.1, 0.15) is 0 Å². The number of halogens is 1. The summed E-state index contributed by atoms with van der Waals surface area (Å²) >= 11 is 5.97. The van der Waals surface area contributed by atoms with Gasteiger partial charge in [-0.2, -0.15) is 4.31 Å². The lowest BCUT2D eigenvalue weighted by Gasteiger charge is -2.15. The van der Waals surface area contributed by atoms with Crippen molar-refractivity contribution in [2.45, 2.75) is 17.7 Å². The second-order valence-corrected chi connectivity index (χ2v) is 8.04. The van der Waals surface area contributed by atoms with E-state index in [1.54, 1.807) is 30.3 Å². The molecule has 0 bridgehead atoms. The van der Waals surface area contributed by atoms with Gasteiger partial charge in [-0.25, -0.2) is 13.2 Å². The summed E-state index contributed by atoms with van der Waals surface area (Å²) in [4.78, 5) is 11.4. The number of benzene rings is 2. The summed E-state index contributed by atoms with van der Waals surface area (Å²) in [6.45, 7) is 1.11. The van der Waals surface area contributed by atoms with Crippen molar-refractivity contribution in [3.63, 3.8) is 0 Å². The third-order valence-electron chi connectivity index (χ3n) is 4.04. The third-order valence-corrected chi connectivity index (χ3v) is 6.17. The summed E-state index contributed by atoms with van der Waals surface area (Å²) in [5.41, 5.74) is 1.43. The largest absolute Gasteiger partial charge is 0.478 e. The van der Waals surface area contributed by atoms with E-state index >= 15 is 0 Å². The van der Waals surface area contributed by atoms with Crippen molar-refractivity contribution in [3.8, 4) is 11.1 Å². The molecular formula is C17H16ClNO4S. The minimum Gasteiger partial charge on any atom is -0.478 e. The van der Waals surface area contributed by atoms with Gasteiger partial charge in [-0.1, -0.05) is 23.7 Å². The molecule has 0 atom stereocenters. The zero-order valence-electron chi connectivity index (χ0n) is 12.8. The van der Waals surface area contributed by atoms with Gasteiger partial charge in [0.15, 0.2) is 0 Å². The van der Waals surface area contributed by atoms with Gasteiger partial charge >= 0.3 is 5.97 Å². The fourth-order valence-electron chi connectivity index (χ4n) is 2.78. The first-order chi connectivity index (χ1) is 11.4. The highest BCUT2D eigenvalue weighted by atomic mass is 35.5. The molecule has 0 amide bonds. The zero-order valence-corrected chi connectivity index (χ0v) is 14.3. The van der Waals surface area contributed by atoms with Gasteiger partial charge < -0.3 is 5.11 Å². The number of rotatable bonds is 4. The fourth-order valence-corrected chi connectivity index (χ4v) is 4.53. The Bertz CT molecular complexity index is 872. The van der Waals surface area contributed by atoms with Crippen molar-refractivity contribution >= 4 is 27.6 Å². The van der Waals surface area contributed by atoms with E-state index in [-0.39, 0.29) is 10.5 Å². The molecule has 5 nitrogen and oxygen atoms in total. The molecule has 3 rings (SSSR count). The van der Waals surface area contributed by atoms with Crippen molar-refractivity contribution < 1.29 is 18.3 Å². The summed E-state index contributed by atoms with van der Waals surface area (Å²) < 4.78 is 26.5. The molecule has 0 radical (unpaired) electrons. The maximum absolute atomic E-state index is 12.5. The molecule has 2 aromatic rings. The number of sulfonamides is 1. The lowest BCUT2D eigenvalue weighted by Crippen LogP contribution is -2.27. The molecule has 0 aliphatic carbocycles. The first-order valence-corrected chi connectivity index (χ1v) is 9.34.